The number of hydrogen-bond donors (Lipinski definition) is 2. The molecule has 8 heteroatoms. The van der Waals surface area contributed by atoms with Crippen molar-refractivity contribution in [1.82, 2.24) is 15.6 Å². The smallest absolute Gasteiger partial charge is 0.332 e. The summed E-state index contributed by atoms with van der Waals surface area (Å²) in [6.45, 7) is 0.642. The van der Waals surface area contributed by atoms with Gasteiger partial charge in [-0.25, -0.2) is 9.78 Å². The molecular formula is C8H10F3N3OS. The molecule has 2 amide bonds. The molecule has 0 aliphatic heterocycles. The maximum Gasteiger partial charge on any atom is 0.405 e. The molecule has 2 N–H and O–H groups in total. The van der Waals surface area contributed by atoms with E-state index in [2.05, 4.69) is 10.3 Å². The molecule has 0 spiro atoms. The van der Waals surface area contributed by atoms with Gasteiger partial charge in [-0.05, 0) is 6.92 Å². The fourth-order valence-electron chi connectivity index (χ4n) is 0.882. The van der Waals surface area contributed by atoms with E-state index < -0.39 is 18.8 Å². The summed E-state index contributed by atoms with van der Waals surface area (Å²) in [7, 11) is 0. The van der Waals surface area contributed by atoms with Crippen molar-refractivity contribution in [1.29, 1.82) is 0 Å². The number of urea groups is 1. The van der Waals surface area contributed by atoms with Gasteiger partial charge in [0.05, 0.1) is 6.54 Å². The van der Waals surface area contributed by atoms with E-state index in [4.69, 9.17) is 0 Å². The highest BCUT2D eigenvalue weighted by molar-refractivity contribution is 7.11. The second kappa shape index (κ2) is 5.15. The standard InChI is InChI=1S/C8H10F3N3OS/c1-5-2-12-6(16-5)3-13-7(15)14-4-8(9,10)11/h2H,3-4H2,1H3,(H2,13,14,15). The van der Waals surface area contributed by atoms with Crippen LogP contribution in [-0.2, 0) is 6.54 Å². The Morgan fingerprint density at radius 2 is 2.19 bits per heavy atom. The van der Waals surface area contributed by atoms with Crippen molar-refractivity contribution in [3.05, 3.63) is 16.1 Å². The zero-order valence-corrected chi connectivity index (χ0v) is 9.21. The summed E-state index contributed by atoms with van der Waals surface area (Å²) < 4.78 is 35.2. The van der Waals surface area contributed by atoms with Gasteiger partial charge < -0.3 is 10.6 Å². The summed E-state index contributed by atoms with van der Waals surface area (Å²) in [6, 6.07) is -0.856. The van der Waals surface area contributed by atoms with Crippen LogP contribution >= 0.6 is 11.3 Å². The summed E-state index contributed by atoms with van der Waals surface area (Å²) >= 11 is 1.38. The van der Waals surface area contributed by atoms with Gasteiger partial charge in [-0.15, -0.1) is 11.3 Å². The van der Waals surface area contributed by atoms with Crippen LogP contribution in [0.25, 0.3) is 0 Å². The molecule has 0 radical (unpaired) electrons. The van der Waals surface area contributed by atoms with Crippen LogP contribution in [0.2, 0.25) is 0 Å². The lowest BCUT2D eigenvalue weighted by Gasteiger charge is -2.08. The van der Waals surface area contributed by atoms with E-state index in [1.54, 1.807) is 11.5 Å². The van der Waals surface area contributed by atoms with Crippen molar-refractivity contribution in [2.45, 2.75) is 19.6 Å². The molecule has 1 rings (SSSR count). The van der Waals surface area contributed by atoms with Gasteiger partial charge in [-0.3, -0.25) is 0 Å². The number of halogens is 3. The van der Waals surface area contributed by atoms with Crippen molar-refractivity contribution >= 4 is 17.4 Å². The Kier molecular flexibility index (Phi) is 4.11. The summed E-state index contributed by atoms with van der Waals surface area (Å²) in [5.74, 6) is 0. The van der Waals surface area contributed by atoms with Gasteiger partial charge in [0.1, 0.15) is 11.6 Å². The highest BCUT2D eigenvalue weighted by Crippen LogP contribution is 2.12. The monoisotopic (exact) mass is 253 g/mol. The number of thiazole rings is 1. The SMILES string of the molecule is Cc1cnc(CNC(=O)NCC(F)(F)F)s1. The van der Waals surface area contributed by atoms with Gasteiger partial charge in [-0.2, -0.15) is 13.2 Å². The zero-order valence-electron chi connectivity index (χ0n) is 8.39. The van der Waals surface area contributed by atoms with E-state index in [9.17, 15) is 18.0 Å². The second-order valence-corrected chi connectivity index (χ2v) is 4.34. The quantitative estimate of drug-likeness (QED) is 0.863. The fraction of sp³-hybridized carbons (Fsp3) is 0.500. The normalized spacial score (nSPS) is 11.2. The van der Waals surface area contributed by atoms with Crippen LogP contribution in [0.4, 0.5) is 18.0 Å². The first-order valence-electron chi connectivity index (χ1n) is 4.36. The van der Waals surface area contributed by atoms with Crippen molar-refractivity contribution < 1.29 is 18.0 Å². The third-order valence-electron chi connectivity index (χ3n) is 1.52. The first-order chi connectivity index (χ1) is 7.37. The molecule has 0 aromatic carbocycles. The number of amides is 2. The molecule has 1 heterocycles. The molecule has 0 saturated heterocycles. The van der Waals surface area contributed by atoms with Crippen molar-refractivity contribution in [2.75, 3.05) is 6.54 Å². The highest BCUT2D eigenvalue weighted by atomic mass is 32.1. The fourth-order valence-corrected chi connectivity index (χ4v) is 1.61. The third kappa shape index (κ3) is 4.96. The van der Waals surface area contributed by atoms with Crippen LogP contribution in [0, 0.1) is 6.92 Å². The Morgan fingerprint density at radius 3 is 2.69 bits per heavy atom. The Bertz CT molecular complexity index is 364. The minimum atomic E-state index is -4.39. The van der Waals surface area contributed by atoms with Gasteiger partial charge in [0.25, 0.3) is 0 Å². The number of aryl methyl sites for hydroxylation is 1. The molecule has 0 aliphatic rings. The van der Waals surface area contributed by atoms with Gasteiger partial charge in [0.15, 0.2) is 0 Å². The van der Waals surface area contributed by atoms with Crippen LogP contribution in [0.15, 0.2) is 6.20 Å². The van der Waals surface area contributed by atoms with E-state index in [0.29, 0.717) is 5.01 Å². The number of carbonyl (C=O) groups excluding carboxylic acids is 1. The van der Waals surface area contributed by atoms with Crippen LogP contribution in [0.3, 0.4) is 0 Å². The molecular weight excluding hydrogens is 243 g/mol. The topological polar surface area (TPSA) is 54.0 Å². The number of aromatic nitrogens is 1. The van der Waals surface area contributed by atoms with E-state index in [0.717, 1.165) is 4.88 Å². The van der Waals surface area contributed by atoms with E-state index in [-0.39, 0.29) is 6.54 Å². The highest BCUT2D eigenvalue weighted by Gasteiger charge is 2.27. The molecule has 0 unspecified atom stereocenters. The maximum atomic E-state index is 11.7. The predicted octanol–water partition coefficient (Wildman–Crippen LogP) is 1.81. The van der Waals surface area contributed by atoms with Crippen molar-refractivity contribution in [3.8, 4) is 0 Å². The average molecular weight is 253 g/mol. The minimum Gasteiger partial charge on any atom is -0.332 e. The van der Waals surface area contributed by atoms with Crippen molar-refractivity contribution in [3.63, 3.8) is 0 Å². The Hall–Kier alpha value is -1.31. The molecule has 0 bridgehead atoms. The number of nitrogens with zero attached hydrogens (tertiary/aromatic N) is 1. The summed E-state index contributed by atoms with van der Waals surface area (Å²) in [6.07, 6.45) is -2.76. The number of nitrogens with one attached hydrogen (secondary N) is 2. The Labute approximate surface area is 93.9 Å². The maximum absolute atomic E-state index is 11.7. The Balaban J connectivity index is 2.25. The lowest BCUT2D eigenvalue weighted by atomic mass is 10.6. The predicted molar refractivity (Wildman–Crippen MR) is 53.1 cm³/mol. The summed E-state index contributed by atoms with van der Waals surface area (Å²) in [5.41, 5.74) is 0. The molecule has 90 valence electrons. The summed E-state index contributed by atoms with van der Waals surface area (Å²) in [5, 5.41) is 4.64. The number of alkyl halides is 3. The zero-order chi connectivity index (χ0) is 12.2. The van der Waals surface area contributed by atoms with E-state index in [1.165, 1.54) is 11.3 Å². The molecule has 0 atom stereocenters. The second-order valence-electron chi connectivity index (χ2n) is 3.02. The van der Waals surface area contributed by atoms with Crippen LogP contribution < -0.4 is 10.6 Å². The van der Waals surface area contributed by atoms with Gasteiger partial charge in [-0.1, -0.05) is 0 Å². The van der Waals surface area contributed by atoms with Gasteiger partial charge in [0.2, 0.25) is 0 Å². The molecule has 0 aliphatic carbocycles. The molecule has 4 nitrogen and oxygen atoms in total. The van der Waals surface area contributed by atoms with E-state index >= 15 is 0 Å². The molecule has 1 aromatic rings. The average Bonchev–Trinajstić information content (AvgIpc) is 2.57. The number of hydrogen-bond acceptors (Lipinski definition) is 3. The largest absolute Gasteiger partial charge is 0.405 e. The van der Waals surface area contributed by atoms with Gasteiger partial charge in [0, 0.05) is 11.1 Å². The molecule has 0 saturated carbocycles. The first-order valence-corrected chi connectivity index (χ1v) is 5.18. The lowest BCUT2D eigenvalue weighted by Crippen LogP contribution is -2.40. The van der Waals surface area contributed by atoms with Crippen molar-refractivity contribution in [2.24, 2.45) is 0 Å². The molecule has 0 fully saturated rings. The minimum absolute atomic E-state index is 0.127. The lowest BCUT2D eigenvalue weighted by molar-refractivity contribution is -0.122. The van der Waals surface area contributed by atoms with Crippen LogP contribution in [-0.4, -0.2) is 23.7 Å². The number of rotatable bonds is 3. The van der Waals surface area contributed by atoms with Crippen LogP contribution in [0.5, 0.6) is 0 Å². The number of carbonyl (C=O) groups is 1. The third-order valence-corrected chi connectivity index (χ3v) is 2.43. The summed E-state index contributed by atoms with van der Waals surface area (Å²) in [4.78, 5) is 15.9. The molecule has 16 heavy (non-hydrogen) atoms. The van der Waals surface area contributed by atoms with Crippen LogP contribution in [0.1, 0.15) is 9.88 Å². The Morgan fingerprint density at radius 1 is 1.50 bits per heavy atom. The van der Waals surface area contributed by atoms with Gasteiger partial charge >= 0.3 is 12.2 Å². The van der Waals surface area contributed by atoms with E-state index in [1.807, 2.05) is 6.92 Å². The first kappa shape index (κ1) is 12.8. The molecule has 1 aromatic heterocycles.